The molecule has 0 spiro atoms. The third-order valence-corrected chi connectivity index (χ3v) is 2.20. The van der Waals surface area contributed by atoms with E-state index in [1.54, 1.807) is 0 Å². The van der Waals surface area contributed by atoms with E-state index in [9.17, 15) is 0 Å². The maximum Gasteiger partial charge on any atom is 0.0279 e. The molecule has 0 radical (unpaired) electrons. The fourth-order valence-electron chi connectivity index (χ4n) is 1.42. The SMILES string of the molecule is C=CC/C=C\C(CCC)N1CC1. The smallest absolute Gasteiger partial charge is 0.0279 e. The zero-order valence-corrected chi connectivity index (χ0v) is 8.00. The Hall–Kier alpha value is -0.560. The third-order valence-electron chi connectivity index (χ3n) is 2.20. The van der Waals surface area contributed by atoms with Crippen LogP contribution in [0.5, 0.6) is 0 Å². The van der Waals surface area contributed by atoms with Crippen LogP contribution < -0.4 is 0 Å². The van der Waals surface area contributed by atoms with Gasteiger partial charge in [-0.15, -0.1) is 6.58 Å². The molecule has 68 valence electrons. The van der Waals surface area contributed by atoms with Gasteiger partial charge in [0.25, 0.3) is 0 Å². The van der Waals surface area contributed by atoms with E-state index in [4.69, 9.17) is 0 Å². The van der Waals surface area contributed by atoms with Crippen molar-refractivity contribution in [3.63, 3.8) is 0 Å². The molecule has 1 saturated heterocycles. The number of hydrogen-bond donors (Lipinski definition) is 0. The lowest BCUT2D eigenvalue weighted by Crippen LogP contribution is -2.14. The largest absolute Gasteiger partial charge is 0.294 e. The van der Waals surface area contributed by atoms with Gasteiger partial charge in [-0.3, -0.25) is 4.90 Å². The second-order valence-corrected chi connectivity index (χ2v) is 3.34. The molecule has 0 aromatic rings. The summed E-state index contributed by atoms with van der Waals surface area (Å²) < 4.78 is 0. The summed E-state index contributed by atoms with van der Waals surface area (Å²) >= 11 is 0. The summed E-state index contributed by atoms with van der Waals surface area (Å²) in [4.78, 5) is 2.50. The first-order chi connectivity index (χ1) is 5.88. The monoisotopic (exact) mass is 165 g/mol. The summed E-state index contributed by atoms with van der Waals surface area (Å²) in [7, 11) is 0. The summed E-state index contributed by atoms with van der Waals surface area (Å²) in [6, 6.07) is 0.704. The van der Waals surface area contributed by atoms with Crippen molar-refractivity contribution in [3.8, 4) is 0 Å². The van der Waals surface area contributed by atoms with Crippen LogP contribution in [0.4, 0.5) is 0 Å². The highest BCUT2D eigenvalue weighted by Crippen LogP contribution is 2.16. The summed E-state index contributed by atoms with van der Waals surface area (Å²) in [5, 5.41) is 0. The Balaban J connectivity index is 2.26. The molecule has 0 N–H and O–H groups in total. The molecule has 0 aromatic heterocycles. The average molecular weight is 165 g/mol. The summed E-state index contributed by atoms with van der Waals surface area (Å²) in [5.41, 5.74) is 0. The predicted octanol–water partition coefficient (Wildman–Crippen LogP) is 2.60. The number of rotatable bonds is 6. The van der Waals surface area contributed by atoms with Gasteiger partial charge >= 0.3 is 0 Å². The number of nitrogens with zero attached hydrogens (tertiary/aromatic N) is 1. The minimum atomic E-state index is 0.704. The van der Waals surface area contributed by atoms with Gasteiger partial charge in [0.2, 0.25) is 0 Å². The average Bonchev–Trinajstić information content (AvgIpc) is 2.86. The van der Waals surface area contributed by atoms with Gasteiger partial charge in [-0.2, -0.15) is 0 Å². The van der Waals surface area contributed by atoms with E-state index >= 15 is 0 Å². The van der Waals surface area contributed by atoms with Crippen molar-refractivity contribution in [1.82, 2.24) is 4.90 Å². The van der Waals surface area contributed by atoms with Crippen LogP contribution in [0.1, 0.15) is 26.2 Å². The standard InChI is InChI=1S/C11H19N/c1-3-5-6-8-11(7-4-2)12-9-10-12/h3,6,8,11H,1,4-5,7,9-10H2,2H3/b8-6-. The Kier molecular flexibility index (Phi) is 4.09. The van der Waals surface area contributed by atoms with Crippen molar-refractivity contribution in [3.05, 3.63) is 24.8 Å². The van der Waals surface area contributed by atoms with Gasteiger partial charge in [-0.1, -0.05) is 31.6 Å². The zero-order chi connectivity index (χ0) is 8.81. The van der Waals surface area contributed by atoms with Crippen LogP contribution in [-0.4, -0.2) is 24.0 Å². The fraction of sp³-hybridized carbons (Fsp3) is 0.636. The van der Waals surface area contributed by atoms with E-state index in [1.165, 1.54) is 25.9 Å². The highest BCUT2D eigenvalue weighted by molar-refractivity contribution is 5.00. The Bertz CT molecular complexity index is 156. The van der Waals surface area contributed by atoms with Crippen LogP contribution in [0.3, 0.4) is 0 Å². The first kappa shape index (κ1) is 9.53. The summed E-state index contributed by atoms with van der Waals surface area (Å²) in [5.74, 6) is 0. The maximum absolute atomic E-state index is 3.70. The van der Waals surface area contributed by atoms with Gasteiger partial charge in [0.05, 0.1) is 0 Å². The Labute approximate surface area is 75.8 Å². The molecule has 0 bridgehead atoms. The molecule has 0 amide bonds. The van der Waals surface area contributed by atoms with Crippen LogP contribution >= 0.6 is 0 Å². The highest BCUT2D eigenvalue weighted by atomic mass is 15.3. The molecule has 0 aromatic carbocycles. The van der Waals surface area contributed by atoms with Gasteiger partial charge in [0.15, 0.2) is 0 Å². The lowest BCUT2D eigenvalue weighted by Gasteiger charge is -2.11. The van der Waals surface area contributed by atoms with E-state index in [1.807, 2.05) is 6.08 Å². The molecule has 1 heteroatoms. The zero-order valence-electron chi connectivity index (χ0n) is 8.00. The van der Waals surface area contributed by atoms with Gasteiger partial charge in [0.1, 0.15) is 0 Å². The van der Waals surface area contributed by atoms with E-state index in [0.717, 1.165) is 6.42 Å². The van der Waals surface area contributed by atoms with Crippen molar-refractivity contribution in [2.45, 2.75) is 32.2 Å². The van der Waals surface area contributed by atoms with Crippen LogP contribution in [-0.2, 0) is 0 Å². The Morgan fingerprint density at radius 3 is 2.75 bits per heavy atom. The van der Waals surface area contributed by atoms with E-state index < -0.39 is 0 Å². The molecule has 1 fully saturated rings. The molecule has 1 aliphatic heterocycles. The van der Waals surface area contributed by atoms with Gasteiger partial charge < -0.3 is 0 Å². The molecule has 1 unspecified atom stereocenters. The molecule has 0 aliphatic carbocycles. The van der Waals surface area contributed by atoms with E-state index in [0.29, 0.717) is 6.04 Å². The Morgan fingerprint density at radius 1 is 1.50 bits per heavy atom. The lowest BCUT2D eigenvalue weighted by molar-refractivity contribution is 0.437. The van der Waals surface area contributed by atoms with Gasteiger partial charge in [0, 0.05) is 19.1 Å². The number of hydrogen-bond acceptors (Lipinski definition) is 1. The Morgan fingerprint density at radius 2 is 2.25 bits per heavy atom. The molecule has 0 saturated carbocycles. The van der Waals surface area contributed by atoms with E-state index in [-0.39, 0.29) is 0 Å². The molecular weight excluding hydrogens is 146 g/mol. The molecule has 1 nitrogen and oxygen atoms in total. The van der Waals surface area contributed by atoms with Crippen molar-refractivity contribution in [2.24, 2.45) is 0 Å². The van der Waals surface area contributed by atoms with E-state index in [2.05, 4.69) is 30.6 Å². The van der Waals surface area contributed by atoms with Crippen molar-refractivity contribution in [1.29, 1.82) is 0 Å². The van der Waals surface area contributed by atoms with Crippen LogP contribution in [0.2, 0.25) is 0 Å². The molecule has 12 heavy (non-hydrogen) atoms. The minimum Gasteiger partial charge on any atom is -0.294 e. The predicted molar refractivity (Wildman–Crippen MR) is 54.2 cm³/mol. The third kappa shape index (κ3) is 3.22. The molecule has 1 rings (SSSR count). The minimum absolute atomic E-state index is 0.704. The molecule has 1 aliphatic rings. The second-order valence-electron chi connectivity index (χ2n) is 3.34. The van der Waals surface area contributed by atoms with Crippen LogP contribution in [0.25, 0.3) is 0 Å². The van der Waals surface area contributed by atoms with Crippen LogP contribution in [0, 0.1) is 0 Å². The van der Waals surface area contributed by atoms with Crippen molar-refractivity contribution < 1.29 is 0 Å². The molecule has 1 atom stereocenters. The molecule has 1 heterocycles. The van der Waals surface area contributed by atoms with Crippen molar-refractivity contribution >= 4 is 0 Å². The topological polar surface area (TPSA) is 3.01 Å². The van der Waals surface area contributed by atoms with Gasteiger partial charge in [-0.05, 0) is 12.8 Å². The highest BCUT2D eigenvalue weighted by Gasteiger charge is 2.24. The molecular formula is C11H19N. The second kappa shape index (κ2) is 5.15. The normalized spacial score (nSPS) is 19.8. The first-order valence-corrected chi connectivity index (χ1v) is 4.90. The lowest BCUT2D eigenvalue weighted by atomic mass is 10.1. The van der Waals surface area contributed by atoms with Gasteiger partial charge in [-0.25, -0.2) is 0 Å². The van der Waals surface area contributed by atoms with Crippen molar-refractivity contribution in [2.75, 3.05) is 13.1 Å². The van der Waals surface area contributed by atoms with Crippen LogP contribution in [0.15, 0.2) is 24.8 Å². The number of allylic oxidation sites excluding steroid dienone is 2. The summed E-state index contributed by atoms with van der Waals surface area (Å²) in [6.07, 6.45) is 10.1. The fourth-order valence-corrected chi connectivity index (χ4v) is 1.42. The summed E-state index contributed by atoms with van der Waals surface area (Å²) in [6.45, 7) is 8.54. The quantitative estimate of drug-likeness (QED) is 0.432. The first-order valence-electron chi connectivity index (χ1n) is 4.90. The maximum atomic E-state index is 3.70.